The average Bonchev–Trinajstić information content (AvgIpc) is 3.25. The van der Waals surface area contributed by atoms with Crippen LogP contribution in [-0.4, -0.2) is 63.7 Å². The molecule has 8 heteroatoms. The van der Waals surface area contributed by atoms with Crippen molar-refractivity contribution in [3.05, 3.63) is 46.5 Å². The van der Waals surface area contributed by atoms with Gasteiger partial charge in [-0.05, 0) is 71.9 Å². The molecule has 0 fully saturated rings. The number of aliphatic hydroxyl groups is 1. The fourth-order valence-electron chi connectivity index (χ4n) is 3.53. The zero-order chi connectivity index (χ0) is 29.3. The van der Waals surface area contributed by atoms with Crippen molar-refractivity contribution in [3.8, 4) is 0 Å². The molecule has 2 N–H and O–H groups in total. The van der Waals surface area contributed by atoms with Gasteiger partial charge in [-0.15, -0.1) is 0 Å². The first-order valence-electron chi connectivity index (χ1n) is 13.7. The highest BCUT2D eigenvalue weighted by Crippen LogP contribution is 2.27. The minimum atomic E-state index is -0.296. The van der Waals surface area contributed by atoms with Gasteiger partial charge in [-0.2, -0.15) is 0 Å². The Balaban J connectivity index is 0. The van der Waals surface area contributed by atoms with Gasteiger partial charge in [0.05, 0.1) is 26.6 Å². The average molecular weight is 540 g/mol. The van der Waals surface area contributed by atoms with E-state index in [1.165, 1.54) is 7.11 Å². The molecule has 0 saturated carbocycles. The van der Waals surface area contributed by atoms with Gasteiger partial charge in [0.1, 0.15) is 12.4 Å². The summed E-state index contributed by atoms with van der Waals surface area (Å²) in [6.45, 7) is 19.4. The first kappa shape index (κ1) is 37.6. The van der Waals surface area contributed by atoms with Crippen molar-refractivity contribution < 1.29 is 33.6 Å². The van der Waals surface area contributed by atoms with Crippen LogP contribution in [0.15, 0.2) is 46.5 Å². The Morgan fingerprint density at radius 3 is 2.39 bits per heavy atom. The first-order chi connectivity index (χ1) is 18.2. The lowest BCUT2D eigenvalue weighted by Gasteiger charge is -2.11. The number of allylic oxidation sites excluding steroid dienone is 3. The predicted octanol–water partition coefficient (Wildman–Crippen LogP) is 6.20. The highest BCUT2D eigenvalue weighted by atomic mass is 16.5. The number of ether oxygens (including phenoxy) is 4. The van der Waals surface area contributed by atoms with E-state index in [2.05, 4.69) is 24.4 Å². The maximum Gasteiger partial charge on any atom is 0.334 e. The van der Waals surface area contributed by atoms with Gasteiger partial charge in [-0.1, -0.05) is 32.9 Å². The van der Waals surface area contributed by atoms with E-state index in [1.807, 2.05) is 34.6 Å². The van der Waals surface area contributed by atoms with E-state index in [4.69, 9.17) is 24.1 Å². The van der Waals surface area contributed by atoms with Crippen molar-refractivity contribution in [1.29, 1.82) is 0 Å². The normalized spacial score (nSPS) is 14.7. The van der Waals surface area contributed by atoms with Crippen molar-refractivity contribution in [1.82, 2.24) is 5.32 Å². The predicted molar refractivity (Wildman–Crippen MR) is 154 cm³/mol. The van der Waals surface area contributed by atoms with Crippen LogP contribution in [0.25, 0.3) is 0 Å². The molecule has 0 aliphatic carbocycles. The number of aliphatic hydroxyl groups excluding tert-OH is 1. The molecule has 0 aromatic carbocycles. The Hall–Kier alpha value is -2.58. The molecule has 0 spiro atoms. The zero-order valence-electron chi connectivity index (χ0n) is 25.3. The van der Waals surface area contributed by atoms with E-state index in [1.54, 1.807) is 13.8 Å². The first-order valence-corrected chi connectivity index (χ1v) is 13.7. The topological polar surface area (TPSA) is 103 Å². The molecule has 1 aliphatic heterocycles. The lowest BCUT2D eigenvalue weighted by atomic mass is 10.0. The van der Waals surface area contributed by atoms with Gasteiger partial charge in [-0.25, -0.2) is 4.79 Å². The lowest BCUT2D eigenvalue weighted by Crippen LogP contribution is -2.22. The number of carbonyl (C=O) groups excluding carboxylic acids is 2. The van der Waals surface area contributed by atoms with Gasteiger partial charge in [0.25, 0.3) is 0 Å². The highest BCUT2D eigenvalue weighted by Gasteiger charge is 2.24. The summed E-state index contributed by atoms with van der Waals surface area (Å²) in [5.74, 6) is 0.736. The van der Waals surface area contributed by atoms with Crippen LogP contribution in [-0.2, 0) is 28.5 Å². The molecule has 220 valence electrons. The molecule has 0 radical (unpaired) electrons. The standard InChI is InChI=1S/C16H31NO3.C12H16O4.C2H6/c1-4-8-15(3)9-6-10-16(18)20-13-7-11-17-12-14-19-5-2;1-7(5-13)11(15-4)8(2)10-6-16-12(14)9(10)3;1-2/h4,8,15,17H,5-7,9-14H2,1-3H3;5,13H,6H2,1-4H3;1-2H3/b;7-5+,11-8+;. The largest absolute Gasteiger partial charge is 0.515 e. The molecule has 1 atom stereocenters. The van der Waals surface area contributed by atoms with Crippen molar-refractivity contribution in [2.75, 3.05) is 46.6 Å². The van der Waals surface area contributed by atoms with Gasteiger partial charge in [0.15, 0.2) is 0 Å². The molecule has 0 bridgehead atoms. The number of rotatable bonds is 16. The Morgan fingerprint density at radius 2 is 1.87 bits per heavy atom. The van der Waals surface area contributed by atoms with Crippen molar-refractivity contribution in [2.45, 2.75) is 81.1 Å². The Bertz CT molecular complexity index is 781. The number of hydrogen-bond donors (Lipinski definition) is 2. The lowest BCUT2D eigenvalue weighted by molar-refractivity contribution is -0.144. The third kappa shape index (κ3) is 17.0. The number of carbonyl (C=O) groups is 2. The maximum atomic E-state index is 11.5. The summed E-state index contributed by atoms with van der Waals surface area (Å²) in [4.78, 5) is 22.7. The second kappa shape index (κ2) is 24.7. The van der Waals surface area contributed by atoms with Crippen molar-refractivity contribution >= 4 is 11.9 Å². The Labute approximate surface area is 231 Å². The summed E-state index contributed by atoms with van der Waals surface area (Å²) in [6.07, 6.45) is 8.53. The SMILES string of the molecule is CC.CC=CC(C)CCCC(=O)OCCCNCCOCC.COC(/C(C)=C/O)=C(\C)C1=C(C)C(=O)OC1. The van der Waals surface area contributed by atoms with Crippen LogP contribution in [0.4, 0.5) is 0 Å². The van der Waals surface area contributed by atoms with Crippen LogP contribution in [0.1, 0.15) is 81.1 Å². The van der Waals surface area contributed by atoms with Gasteiger partial charge in [0, 0.05) is 36.3 Å². The second-order valence-electron chi connectivity index (χ2n) is 8.57. The molecule has 0 amide bonds. The number of cyclic esters (lactones) is 1. The zero-order valence-corrected chi connectivity index (χ0v) is 25.3. The Morgan fingerprint density at radius 1 is 1.18 bits per heavy atom. The van der Waals surface area contributed by atoms with E-state index in [-0.39, 0.29) is 18.5 Å². The molecule has 38 heavy (non-hydrogen) atoms. The fraction of sp³-hybridized carbons (Fsp3) is 0.667. The molecular weight excluding hydrogens is 486 g/mol. The van der Waals surface area contributed by atoms with Crippen molar-refractivity contribution in [2.24, 2.45) is 5.92 Å². The monoisotopic (exact) mass is 539 g/mol. The van der Waals surface area contributed by atoms with Crippen LogP contribution in [0.3, 0.4) is 0 Å². The number of esters is 2. The number of nitrogens with one attached hydrogen (secondary N) is 1. The van der Waals surface area contributed by atoms with E-state index in [9.17, 15) is 9.59 Å². The smallest absolute Gasteiger partial charge is 0.334 e. The van der Waals surface area contributed by atoms with Crippen LogP contribution in [0, 0.1) is 5.92 Å². The summed E-state index contributed by atoms with van der Waals surface area (Å²) in [5.41, 5.74) is 2.84. The third-order valence-electron chi connectivity index (χ3n) is 5.61. The second-order valence-corrected chi connectivity index (χ2v) is 8.57. The summed E-state index contributed by atoms with van der Waals surface area (Å²) in [5, 5.41) is 12.2. The molecule has 1 aliphatic rings. The molecule has 0 aromatic heterocycles. The van der Waals surface area contributed by atoms with Crippen LogP contribution in [0.5, 0.6) is 0 Å². The van der Waals surface area contributed by atoms with E-state index < -0.39 is 0 Å². The third-order valence-corrected chi connectivity index (χ3v) is 5.61. The summed E-state index contributed by atoms with van der Waals surface area (Å²) in [7, 11) is 1.53. The minimum absolute atomic E-state index is 0.0769. The Kier molecular flexibility index (Phi) is 24.5. The molecule has 0 aromatic rings. The van der Waals surface area contributed by atoms with E-state index >= 15 is 0 Å². The quantitative estimate of drug-likeness (QED) is 0.0786. The highest BCUT2D eigenvalue weighted by molar-refractivity contribution is 5.92. The summed E-state index contributed by atoms with van der Waals surface area (Å²) >= 11 is 0. The van der Waals surface area contributed by atoms with Crippen molar-refractivity contribution in [3.63, 3.8) is 0 Å². The molecule has 0 saturated heterocycles. The van der Waals surface area contributed by atoms with E-state index in [0.29, 0.717) is 35.9 Å². The molecule has 8 nitrogen and oxygen atoms in total. The molecular formula is C30H53NO7. The molecule has 1 heterocycles. The van der Waals surface area contributed by atoms with E-state index in [0.717, 1.165) is 63.0 Å². The summed E-state index contributed by atoms with van der Waals surface area (Å²) in [6, 6.07) is 0. The minimum Gasteiger partial charge on any atom is -0.515 e. The molecule has 1 unspecified atom stereocenters. The van der Waals surface area contributed by atoms with Crippen LogP contribution < -0.4 is 5.32 Å². The van der Waals surface area contributed by atoms with Gasteiger partial charge in [-0.3, -0.25) is 4.79 Å². The van der Waals surface area contributed by atoms with Gasteiger partial charge < -0.3 is 29.4 Å². The molecule has 1 rings (SSSR count). The van der Waals surface area contributed by atoms with Gasteiger partial charge in [0.2, 0.25) is 0 Å². The summed E-state index contributed by atoms with van der Waals surface area (Å²) < 4.78 is 20.5. The van der Waals surface area contributed by atoms with Crippen LogP contribution in [0.2, 0.25) is 0 Å². The number of hydrogen-bond acceptors (Lipinski definition) is 8. The maximum absolute atomic E-state index is 11.5. The number of methoxy groups -OCH3 is 1. The fourth-order valence-corrected chi connectivity index (χ4v) is 3.53. The van der Waals surface area contributed by atoms with Gasteiger partial charge >= 0.3 is 11.9 Å². The van der Waals surface area contributed by atoms with Crippen LogP contribution >= 0.6 is 0 Å².